The normalized spacial score (nSPS) is 30.9. The molecule has 2 aliphatic rings. The first-order valence-electron chi connectivity index (χ1n) is 8.07. The van der Waals surface area contributed by atoms with Gasteiger partial charge in [-0.15, -0.1) is 11.3 Å². The highest BCUT2D eigenvalue weighted by Gasteiger charge is 2.49. The van der Waals surface area contributed by atoms with Gasteiger partial charge in [-0.3, -0.25) is 0 Å². The van der Waals surface area contributed by atoms with Crippen molar-refractivity contribution < 1.29 is 5.11 Å². The van der Waals surface area contributed by atoms with Gasteiger partial charge in [0.2, 0.25) is 0 Å². The van der Waals surface area contributed by atoms with Crippen LogP contribution in [0.4, 0.5) is 0 Å². The van der Waals surface area contributed by atoms with Crippen LogP contribution in [0.2, 0.25) is 0 Å². The Balaban J connectivity index is 1.59. The highest BCUT2D eigenvalue weighted by atomic mass is 32.1. The van der Waals surface area contributed by atoms with Crippen LogP contribution in [0, 0.1) is 11.8 Å². The van der Waals surface area contributed by atoms with Crippen molar-refractivity contribution >= 4 is 11.3 Å². The third-order valence-corrected chi connectivity index (χ3v) is 6.62. The summed E-state index contributed by atoms with van der Waals surface area (Å²) in [5.74, 6) is 0.900. The lowest BCUT2D eigenvalue weighted by Crippen LogP contribution is -2.40. The molecule has 2 aliphatic carbocycles. The lowest BCUT2D eigenvalue weighted by atomic mass is 9.79. The Bertz CT molecular complexity index is 583. The van der Waals surface area contributed by atoms with Gasteiger partial charge in [0, 0.05) is 4.88 Å². The van der Waals surface area contributed by atoms with Gasteiger partial charge < -0.3 is 5.11 Å². The molecule has 2 atom stereocenters. The average molecular weight is 298 g/mol. The molecule has 2 bridgehead atoms. The Morgan fingerprint density at radius 3 is 2.24 bits per heavy atom. The molecule has 1 N–H and O–H groups in total. The summed E-state index contributed by atoms with van der Waals surface area (Å²) in [6.07, 6.45) is 6.47. The monoisotopic (exact) mass is 298 g/mol. The maximum Gasteiger partial charge on any atom is 0.0713 e. The van der Waals surface area contributed by atoms with Gasteiger partial charge in [0.1, 0.15) is 0 Å². The van der Waals surface area contributed by atoms with Crippen LogP contribution in [0.25, 0.3) is 0 Å². The summed E-state index contributed by atoms with van der Waals surface area (Å²) in [7, 11) is 0. The minimum absolute atomic E-state index is 0.450. The van der Waals surface area contributed by atoms with E-state index in [1.165, 1.54) is 28.8 Å². The molecular weight excluding hydrogens is 276 g/mol. The van der Waals surface area contributed by atoms with E-state index in [0.717, 1.165) is 25.7 Å². The maximum absolute atomic E-state index is 11.4. The summed E-state index contributed by atoms with van der Waals surface area (Å²) in [6, 6.07) is 13.1. The van der Waals surface area contributed by atoms with E-state index in [-0.39, 0.29) is 0 Å². The number of hydrogen-bond acceptors (Lipinski definition) is 2. The van der Waals surface area contributed by atoms with Gasteiger partial charge in [0.05, 0.1) is 5.60 Å². The molecule has 1 aromatic carbocycles. The third kappa shape index (κ3) is 2.35. The summed E-state index contributed by atoms with van der Waals surface area (Å²) in [5.41, 5.74) is 2.49. The lowest BCUT2D eigenvalue weighted by molar-refractivity contribution is -0.0403. The Morgan fingerprint density at radius 2 is 1.67 bits per heavy atom. The highest BCUT2D eigenvalue weighted by Crippen LogP contribution is 2.49. The second-order valence-electron chi connectivity index (χ2n) is 6.72. The zero-order valence-electron chi connectivity index (χ0n) is 12.3. The van der Waals surface area contributed by atoms with Gasteiger partial charge in [-0.05, 0) is 72.9 Å². The molecule has 0 aliphatic heterocycles. The fourth-order valence-electron chi connectivity index (χ4n) is 4.47. The van der Waals surface area contributed by atoms with Gasteiger partial charge in [-0.1, -0.05) is 30.3 Å². The minimum Gasteiger partial charge on any atom is -0.389 e. The van der Waals surface area contributed by atoms with E-state index in [9.17, 15) is 5.11 Å². The van der Waals surface area contributed by atoms with Crippen LogP contribution in [-0.4, -0.2) is 10.7 Å². The summed E-state index contributed by atoms with van der Waals surface area (Å²) in [4.78, 5) is 1.41. The van der Waals surface area contributed by atoms with Crippen molar-refractivity contribution in [1.82, 2.24) is 0 Å². The first-order valence-corrected chi connectivity index (χ1v) is 8.95. The van der Waals surface area contributed by atoms with Crippen molar-refractivity contribution in [2.24, 2.45) is 11.8 Å². The Kier molecular flexibility index (Phi) is 3.39. The molecule has 0 radical (unpaired) electrons. The van der Waals surface area contributed by atoms with E-state index >= 15 is 0 Å². The zero-order chi connectivity index (χ0) is 14.3. The van der Waals surface area contributed by atoms with Crippen LogP contribution in [0.3, 0.4) is 0 Å². The van der Waals surface area contributed by atoms with Crippen molar-refractivity contribution in [3.8, 4) is 0 Å². The Hall–Kier alpha value is -1.12. The Labute approximate surface area is 130 Å². The van der Waals surface area contributed by atoms with Crippen molar-refractivity contribution in [2.75, 3.05) is 0 Å². The molecule has 0 saturated heterocycles. The molecule has 2 unspecified atom stereocenters. The quantitative estimate of drug-likeness (QED) is 0.898. The molecule has 0 spiro atoms. The minimum atomic E-state index is -0.455. The van der Waals surface area contributed by atoms with Crippen molar-refractivity contribution in [1.29, 1.82) is 0 Å². The molecule has 0 amide bonds. The highest BCUT2D eigenvalue weighted by molar-refractivity contribution is 7.09. The standard InChI is InChI=1S/C19H22OS/c20-19(10-9-18-6-3-11-21-18)16-7-8-17(19)13-15-5-2-1-4-14(15)12-16/h1-6,11,16-17,20H,7-10,12-13H2. The molecule has 2 heteroatoms. The van der Waals surface area contributed by atoms with Gasteiger partial charge in [0.25, 0.3) is 0 Å². The number of aliphatic hydroxyl groups is 1. The zero-order valence-corrected chi connectivity index (χ0v) is 13.1. The van der Waals surface area contributed by atoms with Crippen LogP contribution in [-0.2, 0) is 19.3 Å². The summed E-state index contributed by atoms with van der Waals surface area (Å²) in [6.45, 7) is 0. The van der Waals surface area contributed by atoms with Crippen molar-refractivity contribution in [3.05, 3.63) is 57.8 Å². The van der Waals surface area contributed by atoms with Gasteiger partial charge in [-0.25, -0.2) is 0 Å². The molecular formula is C19H22OS. The van der Waals surface area contributed by atoms with E-state index in [1.807, 2.05) is 11.3 Å². The number of thiophene rings is 1. The topological polar surface area (TPSA) is 20.2 Å². The van der Waals surface area contributed by atoms with Crippen LogP contribution < -0.4 is 0 Å². The molecule has 21 heavy (non-hydrogen) atoms. The number of rotatable bonds is 3. The maximum atomic E-state index is 11.4. The summed E-state index contributed by atoms with van der Waals surface area (Å²) in [5, 5.41) is 13.6. The molecule has 110 valence electrons. The lowest BCUT2D eigenvalue weighted by Gasteiger charge is -2.34. The van der Waals surface area contributed by atoms with Crippen molar-refractivity contribution in [2.45, 2.75) is 44.1 Å². The van der Waals surface area contributed by atoms with Gasteiger partial charge in [0.15, 0.2) is 0 Å². The SMILES string of the molecule is OC1(CCc2cccs2)C2CCC1Cc1ccccc1C2. The number of hydrogen-bond donors (Lipinski definition) is 1. The molecule has 1 saturated carbocycles. The van der Waals surface area contributed by atoms with Gasteiger partial charge in [-0.2, -0.15) is 0 Å². The number of benzene rings is 1. The molecule has 2 aromatic rings. The average Bonchev–Trinajstić information content (AvgIpc) is 3.05. The van der Waals surface area contributed by atoms with Crippen LogP contribution in [0.1, 0.15) is 35.3 Å². The predicted octanol–water partition coefficient (Wildman–Crippen LogP) is 4.24. The van der Waals surface area contributed by atoms with Crippen LogP contribution in [0.15, 0.2) is 41.8 Å². The summed E-state index contributed by atoms with van der Waals surface area (Å²) >= 11 is 1.81. The largest absolute Gasteiger partial charge is 0.389 e. The van der Waals surface area contributed by atoms with Gasteiger partial charge >= 0.3 is 0 Å². The molecule has 1 nitrogen and oxygen atoms in total. The molecule has 1 fully saturated rings. The molecule has 1 heterocycles. The van der Waals surface area contributed by atoms with Crippen LogP contribution in [0.5, 0.6) is 0 Å². The smallest absolute Gasteiger partial charge is 0.0713 e. The van der Waals surface area contributed by atoms with E-state index < -0.39 is 5.60 Å². The van der Waals surface area contributed by atoms with Crippen molar-refractivity contribution in [3.63, 3.8) is 0 Å². The van der Waals surface area contributed by atoms with E-state index in [2.05, 4.69) is 41.8 Å². The summed E-state index contributed by atoms with van der Waals surface area (Å²) < 4.78 is 0. The second kappa shape index (κ2) is 5.26. The third-order valence-electron chi connectivity index (χ3n) is 5.68. The number of aryl methyl sites for hydroxylation is 1. The first-order chi connectivity index (χ1) is 10.3. The first kappa shape index (κ1) is 13.5. The van der Waals surface area contributed by atoms with E-state index in [4.69, 9.17) is 0 Å². The molecule has 1 aromatic heterocycles. The van der Waals surface area contributed by atoms with E-state index in [0.29, 0.717) is 11.8 Å². The molecule has 4 rings (SSSR count). The second-order valence-corrected chi connectivity index (χ2v) is 7.75. The number of fused-ring (bicyclic) bond motifs is 3. The fraction of sp³-hybridized carbons (Fsp3) is 0.474. The fourth-order valence-corrected chi connectivity index (χ4v) is 5.18. The Morgan fingerprint density at radius 1 is 1.00 bits per heavy atom. The van der Waals surface area contributed by atoms with Crippen LogP contribution >= 0.6 is 11.3 Å². The van der Waals surface area contributed by atoms with E-state index in [1.54, 1.807) is 0 Å². The predicted molar refractivity (Wildman–Crippen MR) is 87.7 cm³/mol.